The standard InChI is InChI=1S/C2H5NO2S/c1-2(4)5-6-3/h3H2,1H3. The Hall–Kier alpha value is -0.220. The summed E-state index contributed by atoms with van der Waals surface area (Å²) < 4.78 is 4.10. The number of nitrogens with two attached hydrogens (primary N) is 1. The third-order valence-corrected chi connectivity index (χ3v) is 0.496. The fraction of sp³-hybridized carbons (Fsp3) is 0.500. The first-order valence-electron chi connectivity index (χ1n) is 1.31. The molecule has 0 unspecified atom stereocenters. The molecule has 0 aromatic carbocycles. The Kier molecular flexibility index (Phi) is 2.88. The summed E-state index contributed by atoms with van der Waals surface area (Å²) in [5, 5.41) is 4.70. The summed E-state index contributed by atoms with van der Waals surface area (Å²) in [6.07, 6.45) is 0. The molecular formula is C2H5NO2S. The molecule has 0 atom stereocenters. The minimum Gasteiger partial charge on any atom is -0.375 e. The number of hydrogen-bond donors (Lipinski definition) is 1. The summed E-state index contributed by atoms with van der Waals surface area (Å²) in [6, 6.07) is 0. The van der Waals surface area contributed by atoms with E-state index in [0.717, 1.165) is 0 Å². The van der Waals surface area contributed by atoms with E-state index in [9.17, 15) is 4.79 Å². The average Bonchev–Trinajstić information content (AvgIpc) is 1.35. The van der Waals surface area contributed by atoms with E-state index < -0.39 is 0 Å². The summed E-state index contributed by atoms with van der Waals surface area (Å²) in [6.45, 7) is 1.29. The van der Waals surface area contributed by atoms with Crippen molar-refractivity contribution in [2.75, 3.05) is 0 Å². The van der Waals surface area contributed by atoms with E-state index in [-0.39, 0.29) is 5.97 Å². The zero-order valence-corrected chi connectivity index (χ0v) is 4.12. The van der Waals surface area contributed by atoms with Crippen LogP contribution in [0.1, 0.15) is 6.92 Å². The smallest absolute Gasteiger partial charge is 0.315 e. The Morgan fingerprint density at radius 1 is 2.00 bits per heavy atom. The molecule has 36 valence electrons. The van der Waals surface area contributed by atoms with E-state index >= 15 is 0 Å². The summed E-state index contributed by atoms with van der Waals surface area (Å²) in [4.78, 5) is 9.72. The maximum atomic E-state index is 9.72. The van der Waals surface area contributed by atoms with Gasteiger partial charge in [0.15, 0.2) is 0 Å². The summed E-state index contributed by atoms with van der Waals surface area (Å²) in [5.41, 5.74) is 0. The Morgan fingerprint density at radius 3 is 2.50 bits per heavy atom. The molecule has 0 fully saturated rings. The van der Waals surface area contributed by atoms with E-state index in [1.165, 1.54) is 6.92 Å². The zero-order valence-electron chi connectivity index (χ0n) is 3.30. The second kappa shape index (κ2) is 2.99. The number of hydrogen-bond acceptors (Lipinski definition) is 4. The van der Waals surface area contributed by atoms with Gasteiger partial charge in [-0.3, -0.25) is 4.79 Å². The van der Waals surface area contributed by atoms with Gasteiger partial charge < -0.3 is 4.18 Å². The highest BCUT2D eigenvalue weighted by Gasteiger charge is 1.84. The fourth-order valence-electron chi connectivity index (χ4n) is 0.0678. The highest BCUT2D eigenvalue weighted by Crippen LogP contribution is 1.86. The van der Waals surface area contributed by atoms with Gasteiger partial charge in [0.25, 0.3) is 0 Å². The molecule has 2 N–H and O–H groups in total. The Morgan fingerprint density at radius 2 is 2.50 bits per heavy atom. The third-order valence-electron chi connectivity index (χ3n) is 0.165. The van der Waals surface area contributed by atoms with Crippen molar-refractivity contribution in [2.24, 2.45) is 5.14 Å². The Bertz CT molecular complexity index is 55.5. The molecule has 4 heteroatoms. The lowest BCUT2D eigenvalue weighted by atomic mass is 10.9. The summed E-state index contributed by atoms with van der Waals surface area (Å²) in [7, 11) is 0. The number of rotatable bonds is 1. The SMILES string of the molecule is CC(=O)OSN. The monoisotopic (exact) mass is 107 g/mol. The zero-order chi connectivity index (χ0) is 4.99. The van der Waals surface area contributed by atoms with Gasteiger partial charge in [-0.1, -0.05) is 0 Å². The van der Waals surface area contributed by atoms with Crippen molar-refractivity contribution in [3.63, 3.8) is 0 Å². The first kappa shape index (κ1) is 5.78. The largest absolute Gasteiger partial charge is 0.375 e. The molecule has 3 nitrogen and oxygen atoms in total. The van der Waals surface area contributed by atoms with Gasteiger partial charge in [-0.15, -0.1) is 0 Å². The van der Waals surface area contributed by atoms with Crippen molar-refractivity contribution in [3.8, 4) is 0 Å². The van der Waals surface area contributed by atoms with Crippen LogP contribution in [0, 0.1) is 0 Å². The van der Waals surface area contributed by atoms with Crippen molar-refractivity contribution in [1.82, 2.24) is 0 Å². The van der Waals surface area contributed by atoms with Gasteiger partial charge in [0.2, 0.25) is 0 Å². The second-order valence-electron chi connectivity index (χ2n) is 0.671. The van der Waals surface area contributed by atoms with Gasteiger partial charge >= 0.3 is 5.97 Å². The van der Waals surface area contributed by atoms with Crippen LogP contribution in [-0.2, 0) is 8.98 Å². The number of carbonyl (C=O) groups is 1. The average molecular weight is 107 g/mol. The summed E-state index contributed by atoms with van der Waals surface area (Å²) >= 11 is 0.560. The molecule has 0 aliphatic carbocycles. The molecule has 0 heterocycles. The lowest BCUT2D eigenvalue weighted by Crippen LogP contribution is -1.91. The first-order valence-corrected chi connectivity index (χ1v) is 2.12. The highest BCUT2D eigenvalue weighted by atomic mass is 32.2. The normalized spacial score (nSPS) is 7.67. The lowest BCUT2D eigenvalue weighted by Gasteiger charge is -1.85. The molecule has 0 amide bonds. The first-order chi connectivity index (χ1) is 2.77. The number of carbonyl (C=O) groups excluding carboxylic acids is 1. The van der Waals surface area contributed by atoms with Gasteiger partial charge in [-0.25, -0.2) is 5.14 Å². The quantitative estimate of drug-likeness (QED) is 0.380. The van der Waals surface area contributed by atoms with Crippen LogP contribution >= 0.6 is 12.2 Å². The predicted molar refractivity (Wildman–Crippen MR) is 23.5 cm³/mol. The predicted octanol–water partition coefficient (Wildman–Crippen LogP) is 0.0714. The lowest BCUT2D eigenvalue weighted by molar-refractivity contribution is -0.130. The molecular weight excluding hydrogens is 102 g/mol. The van der Waals surface area contributed by atoms with Crippen LogP contribution in [0.5, 0.6) is 0 Å². The van der Waals surface area contributed by atoms with Crippen molar-refractivity contribution in [3.05, 3.63) is 0 Å². The topological polar surface area (TPSA) is 52.3 Å². The summed E-state index contributed by atoms with van der Waals surface area (Å²) in [5.74, 6) is -0.373. The molecule has 0 aromatic rings. The Labute approximate surface area is 40.2 Å². The maximum absolute atomic E-state index is 9.72. The van der Waals surface area contributed by atoms with E-state index in [1.807, 2.05) is 0 Å². The van der Waals surface area contributed by atoms with E-state index in [2.05, 4.69) is 4.18 Å². The molecule has 0 aliphatic heterocycles. The van der Waals surface area contributed by atoms with E-state index in [1.54, 1.807) is 0 Å². The highest BCUT2D eigenvalue weighted by molar-refractivity contribution is 7.92. The van der Waals surface area contributed by atoms with Crippen LogP contribution in [0.3, 0.4) is 0 Å². The van der Waals surface area contributed by atoms with Crippen LogP contribution in [0.2, 0.25) is 0 Å². The molecule has 0 bridgehead atoms. The fourth-order valence-corrected chi connectivity index (χ4v) is 0.203. The third kappa shape index (κ3) is 3.78. The van der Waals surface area contributed by atoms with Crippen LogP contribution in [0.15, 0.2) is 0 Å². The van der Waals surface area contributed by atoms with Crippen LogP contribution in [0.25, 0.3) is 0 Å². The molecule has 0 spiro atoms. The molecule has 0 saturated heterocycles. The molecule has 0 rings (SSSR count). The van der Waals surface area contributed by atoms with E-state index in [4.69, 9.17) is 5.14 Å². The molecule has 0 aromatic heterocycles. The van der Waals surface area contributed by atoms with Gasteiger partial charge in [-0.2, -0.15) is 0 Å². The van der Waals surface area contributed by atoms with Crippen molar-refractivity contribution < 1.29 is 8.98 Å². The van der Waals surface area contributed by atoms with Gasteiger partial charge in [-0.05, 0) is 0 Å². The minimum absolute atomic E-state index is 0.373. The van der Waals surface area contributed by atoms with Crippen molar-refractivity contribution >= 4 is 18.2 Å². The minimum atomic E-state index is -0.373. The van der Waals surface area contributed by atoms with Crippen molar-refractivity contribution in [2.45, 2.75) is 6.92 Å². The van der Waals surface area contributed by atoms with Gasteiger partial charge in [0.1, 0.15) is 12.2 Å². The van der Waals surface area contributed by atoms with Crippen molar-refractivity contribution in [1.29, 1.82) is 0 Å². The molecule has 0 radical (unpaired) electrons. The Balaban J connectivity index is 2.83. The van der Waals surface area contributed by atoms with Gasteiger partial charge in [0, 0.05) is 6.92 Å². The van der Waals surface area contributed by atoms with E-state index in [0.29, 0.717) is 12.2 Å². The van der Waals surface area contributed by atoms with Crippen LogP contribution in [0.4, 0.5) is 0 Å². The second-order valence-corrected chi connectivity index (χ2v) is 1.03. The maximum Gasteiger partial charge on any atom is 0.315 e. The van der Waals surface area contributed by atoms with Crippen LogP contribution < -0.4 is 5.14 Å². The van der Waals surface area contributed by atoms with Crippen LogP contribution in [-0.4, -0.2) is 5.97 Å². The molecule has 0 saturated carbocycles. The molecule has 0 aliphatic rings. The van der Waals surface area contributed by atoms with Gasteiger partial charge in [0.05, 0.1) is 0 Å². The molecule has 6 heavy (non-hydrogen) atoms.